The van der Waals surface area contributed by atoms with E-state index in [1.54, 1.807) is 25.1 Å². The van der Waals surface area contributed by atoms with Crippen molar-refractivity contribution in [1.82, 2.24) is 20.3 Å². The Bertz CT molecular complexity index is 1730. The molecule has 0 bridgehead atoms. The molecule has 0 aliphatic carbocycles. The number of fused-ring (bicyclic) bond motifs is 1. The average Bonchev–Trinajstić information content (AvgIpc) is 3.71. The van der Waals surface area contributed by atoms with Crippen LogP contribution in [0.2, 0.25) is 0 Å². The first-order valence-electron chi connectivity index (χ1n) is 13.2. The highest BCUT2D eigenvalue weighted by molar-refractivity contribution is 5.97. The minimum atomic E-state index is 0.507. The van der Waals surface area contributed by atoms with Gasteiger partial charge < -0.3 is 20.0 Å². The highest BCUT2D eigenvalue weighted by Gasteiger charge is 2.11. The van der Waals surface area contributed by atoms with Crippen molar-refractivity contribution in [3.8, 4) is 17.2 Å². The second kappa shape index (κ2) is 11.7. The van der Waals surface area contributed by atoms with Gasteiger partial charge in [-0.2, -0.15) is 5.26 Å². The van der Waals surface area contributed by atoms with Crippen LogP contribution in [0.4, 0.5) is 11.4 Å². The monoisotopic (exact) mass is 524 g/mol. The SMILES string of the molecule is N#Cc1cnc2cc(-c3ccc(CNCCc4cnc[nH]4)cc3)ccc2c1Nc1ccc(Cc2ccoc2)cc1. The van der Waals surface area contributed by atoms with Crippen molar-refractivity contribution < 1.29 is 4.42 Å². The van der Waals surface area contributed by atoms with Gasteiger partial charge in [-0.05, 0) is 52.1 Å². The van der Waals surface area contributed by atoms with Gasteiger partial charge in [0.05, 0.1) is 35.6 Å². The molecule has 0 saturated carbocycles. The predicted octanol–water partition coefficient (Wildman–Crippen LogP) is 6.76. The van der Waals surface area contributed by atoms with Crippen molar-refractivity contribution in [1.29, 1.82) is 5.26 Å². The van der Waals surface area contributed by atoms with Gasteiger partial charge in [0.25, 0.3) is 0 Å². The molecule has 0 spiro atoms. The molecule has 40 heavy (non-hydrogen) atoms. The molecule has 6 aromatic rings. The van der Waals surface area contributed by atoms with Crippen LogP contribution in [-0.2, 0) is 19.4 Å². The number of benzene rings is 3. The topological polar surface area (TPSA) is 103 Å². The second-order valence-corrected chi connectivity index (χ2v) is 9.72. The predicted molar refractivity (Wildman–Crippen MR) is 157 cm³/mol. The summed E-state index contributed by atoms with van der Waals surface area (Å²) in [6.07, 6.45) is 10.4. The van der Waals surface area contributed by atoms with E-state index < -0.39 is 0 Å². The van der Waals surface area contributed by atoms with Crippen molar-refractivity contribution in [2.75, 3.05) is 11.9 Å². The van der Waals surface area contributed by atoms with E-state index in [0.29, 0.717) is 5.56 Å². The lowest BCUT2D eigenvalue weighted by molar-refractivity contribution is 0.564. The van der Waals surface area contributed by atoms with Crippen LogP contribution in [0.1, 0.15) is 27.9 Å². The van der Waals surface area contributed by atoms with Crippen LogP contribution in [-0.4, -0.2) is 21.5 Å². The minimum Gasteiger partial charge on any atom is -0.472 e. The zero-order valence-corrected chi connectivity index (χ0v) is 21.9. The Labute approximate surface area is 232 Å². The van der Waals surface area contributed by atoms with E-state index in [1.807, 2.05) is 30.5 Å². The van der Waals surface area contributed by atoms with E-state index in [1.165, 1.54) is 11.1 Å². The summed E-state index contributed by atoms with van der Waals surface area (Å²) in [5, 5.41) is 17.6. The van der Waals surface area contributed by atoms with Crippen LogP contribution in [0.15, 0.2) is 108 Å². The number of hydrogen-bond acceptors (Lipinski definition) is 6. The van der Waals surface area contributed by atoms with E-state index in [0.717, 1.165) is 70.6 Å². The molecular weight excluding hydrogens is 496 g/mol. The molecule has 6 rings (SSSR count). The Morgan fingerprint density at radius 2 is 1.70 bits per heavy atom. The quantitative estimate of drug-likeness (QED) is 0.171. The Hall–Kier alpha value is -5.19. The van der Waals surface area contributed by atoms with Crippen molar-refractivity contribution >= 4 is 22.3 Å². The fourth-order valence-corrected chi connectivity index (χ4v) is 4.76. The van der Waals surface area contributed by atoms with Gasteiger partial charge in [0.1, 0.15) is 6.07 Å². The second-order valence-electron chi connectivity index (χ2n) is 9.72. The van der Waals surface area contributed by atoms with Gasteiger partial charge in [0.15, 0.2) is 0 Å². The van der Waals surface area contributed by atoms with Crippen molar-refractivity contribution in [3.05, 3.63) is 132 Å². The molecule has 0 radical (unpaired) electrons. The maximum absolute atomic E-state index is 9.78. The Morgan fingerprint density at radius 3 is 2.45 bits per heavy atom. The zero-order chi connectivity index (χ0) is 27.1. The molecule has 0 aliphatic heterocycles. The maximum Gasteiger partial charge on any atom is 0.103 e. The van der Waals surface area contributed by atoms with Crippen molar-refractivity contribution in [2.24, 2.45) is 0 Å². The van der Waals surface area contributed by atoms with Gasteiger partial charge in [0.2, 0.25) is 0 Å². The van der Waals surface area contributed by atoms with Crippen LogP contribution in [0.3, 0.4) is 0 Å². The number of hydrogen-bond donors (Lipinski definition) is 3. The molecule has 3 heterocycles. The third-order valence-electron chi connectivity index (χ3n) is 6.94. The Kier molecular flexibility index (Phi) is 7.33. The molecule has 3 aromatic carbocycles. The Balaban J connectivity index is 1.16. The normalized spacial score (nSPS) is 11.0. The average molecular weight is 525 g/mol. The first-order chi connectivity index (χ1) is 19.7. The number of aromatic nitrogens is 3. The van der Waals surface area contributed by atoms with E-state index >= 15 is 0 Å². The van der Waals surface area contributed by atoms with E-state index in [9.17, 15) is 5.26 Å². The summed E-state index contributed by atoms with van der Waals surface area (Å²) >= 11 is 0. The van der Waals surface area contributed by atoms with Crippen molar-refractivity contribution in [2.45, 2.75) is 19.4 Å². The summed E-state index contributed by atoms with van der Waals surface area (Å²) in [4.78, 5) is 11.8. The smallest absolute Gasteiger partial charge is 0.103 e. The number of nitriles is 1. The molecule has 0 aliphatic rings. The summed E-state index contributed by atoms with van der Waals surface area (Å²) in [5.41, 5.74) is 9.90. The van der Waals surface area contributed by atoms with Gasteiger partial charge >= 0.3 is 0 Å². The lowest BCUT2D eigenvalue weighted by Gasteiger charge is -2.13. The highest BCUT2D eigenvalue weighted by Crippen LogP contribution is 2.32. The number of imidazole rings is 1. The van der Waals surface area contributed by atoms with E-state index in [-0.39, 0.29) is 0 Å². The molecule has 196 valence electrons. The van der Waals surface area contributed by atoms with Gasteiger partial charge in [-0.15, -0.1) is 0 Å². The summed E-state index contributed by atoms with van der Waals surface area (Å²) in [6.45, 7) is 1.70. The van der Waals surface area contributed by atoms with E-state index in [4.69, 9.17) is 4.42 Å². The summed E-state index contributed by atoms with van der Waals surface area (Å²) in [7, 11) is 0. The molecule has 3 aromatic heterocycles. The lowest BCUT2D eigenvalue weighted by atomic mass is 10.0. The molecule has 0 amide bonds. The summed E-state index contributed by atoms with van der Waals surface area (Å²) in [6, 6.07) is 27.3. The molecule has 0 saturated heterocycles. The molecule has 7 nitrogen and oxygen atoms in total. The standard InChI is InChI=1S/C33H28N6O/c34-17-28-19-37-32-16-27(26-5-1-24(2-6-26)18-35-13-11-30-20-36-22-38-30)7-10-31(32)33(28)39-29-8-3-23(4-9-29)15-25-12-14-40-21-25/h1-10,12,14,16,19-22,35H,11,13,15,18H2,(H,36,38)(H,37,39). The first kappa shape index (κ1) is 25.1. The number of rotatable bonds is 10. The fraction of sp³-hybridized carbons (Fsp3) is 0.121. The molecule has 0 atom stereocenters. The zero-order valence-electron chi connectivity index (χ0n) is 21.9. The van der Waals surface area contributed by atoms with Crippen LogP contribution < -0.4 is 10.6 Å². The van der Waals surface area contributed by atoms with Crippen LogP contribution in [0.5, 0.6) is 0 Å². The number of aromatic amines is 1. The van der Waals surface area contributed by atoms with Crippen LogP contribution >= 0.6 is 0 Å². The summed E-state index contributed by atoms with van der Waals surface area (Å²) < 4.78 is 5.17. The van der Waals surface area contributed by atoms with E-state index in [2.05, 4.69) is 80.2 Å². The van der Waals surface area contributed by atoms with Gasteiger partial charge in [-0.3, -0.25) is 4.98 Å². The first-order valence-corrected chi connectivity index (χ1v) is 13.2. The third kappa shape index (κ3) is 5.78. The highest BCUT2D eigenvalue weighted by atomic mass is 16.3. The number of H-pyrrole nitrogens is 1. The maximum atomic E-state index is 9.78. The number of pyridine rings is 1. The Morgan fingerprint density at radius 1 is 0.875 bits per heavy atom. The van der Waals surface area contributed by atoms with Gasteiger partial charge in [-0.1, -0.05) is 48.5 Å². The fourth-order valence-electron chi connectivity index (χ4n) is 4.76. The van der Waals surface area contributed by atoms with Crippen LogP contribution in [0.25, 0.3) is 22.0 Å². The number of anilines is 2. The number of furan rings is 1. The number of nitrogens with zero attached hydrogens (tertiary/aromatic N) is 3. The third-order valence-corrected chi connectivity index (χ3v) is 6.94. The molecule has 0 fully saturated rings. The van der Waals surface area contributed by atoms with Gasteiger partial charge in [-0.25, -0.2) is 4.98 Å². The number of nitrogens with one attached hydrogen (secondary N) is 3. The largest absolute Gasteiger partial charge is 0.472 e. The van der Waals surface area contributed by atoms with Gasteiger partial charge in [0, 0.05) is 55.1 Å². The van der Waals surface area contributed by atoms with Crippen molar-refractivity contribution in [3.63, 3.8) is 0 Å². The molecule has 3 N–H and O–H groups in total. The molecule has 7 heteroatoms. The summed E-state index contributed by atoms with van der Waals surface area (Å²) in [5.74, 6) is 0. The lowest BCUT2D eigenvalue weighted by Crippen LogP contribution is -2.16. The molecular formula is C33H28N6O. The molecule has 0 unspecified atom stereocenters. The van der Waals surface area contributed by atoms with Crippen LogP contribution in [0, 0.1) is 11.3 Å². The minimum absolute atomic E-state index is 0.507.